The standard InChI is InChI=1S/C16H22O2/c1-16(2,3)11-5-13-18-15-9-7-14(8-10-15)6-4-12-17/h7-10,17H,5,11-13H2,1-3H3. The molecule has 1 aromatic carbocycles. The van der Waals surface area contributed by atoms with Gasteiger partial charge in [-0.1, -0.05) is 32.6 Å². The molecule has 0 bridgehead atoms. The van der Waals surface area contributed by atoms with Crippen molar-refractivity contribution in [1.29, 1.82) is 0 Å². The molecule has 0 fully saturated rings. The van der Waals surface area contributed by atoms with E-state index in [0.29, 0.717) is 5.41 Å². The van der Waals surface area contributed by atoms with Gasteiger partial charge in [0.2, 0.25) is 0 Å². The minimum Gasteiger partial charge on any atom is -0.494 e. The molecule has 98 valence electrons. The van der Waals surface area contributed by atoms with Crippen molar-refractivity contribution in [3.63, 3.8) is 0 Å². The van der Waals surface area contributed by atoms with Crippen LogP contribution in [0.15, 0.2) is 24.3 Å². The number of rotatable bonds is 4. The predicted molar refractivity (Wildman–Crippen MR) is 74.6 cm³/mol. The second-order valence-corrected chi connectivity index (χ2v) is 5.50. The highest BCUT2D eigenvalue weighted by atomic mass is 16.5. The number of aliphatic hydroxyl groups excluding tert-OH is 1. The molecule has 0 spiro atoms. The van der Waals surface area contributed by atoms with Gasteiger partial charge in [-0.15, -0.1) is 0 Å². The van der Waals surface area contributed by atoms with Crippen LogP contribution in [0.4, 0.5) is 0 Å². The zero-order valence-electron chi connectivity index (χ0n) is 11.5. The Bertz CT molecular complexity index is 401. The minimum atomic E-state index is -0.106. The maximum atomic E-state index is 8.59. The Balaban J connectivity index is 2.35. The Morgan fingerprint density at radius 1 is 1.17 bits per heavy atom. The first-order chi connectivity index (χ1) is 8.51. The normalized spacial score (nSPS) is 10.7. The summed E-state index contributed by atoms with van der Waals surface area (Å²) >= 11 is 0. The van der Waals surface area contributed by atoms with Gasteiger partial charge in [-0.3, -0.25) is 0 Å². The van der Waals surface area contributed by atoms with Crippen LogP contribution in [0, 0.1) is 17.3 Å². The van der Waals surface area contributed by atoms with Crippen LogP contribution >= 0.6 is 0 Å². The Morgan fingerprint density at radius 2 is 1.83 bits per heavy atom. The molecular weight excluding hydrogens is 224 g/mol. The number of aliphatic hydroxyl groups is 1. The van der Waals surface area contributed by atoms with Crippen LogP contribution in [-0.2, 0) is 0 Å². The zero-order chi connectivity index (χ0) is 13.4. The van der Waals surface area contributed by atoms with Gasteiger partial charge in [0.1, 0.15) is 12.4 Å². The average molecular weight is 246 g/mol. The lowest BCUT2D eigenvalue weighted by atomic mass is 9.91. The van der Waals surface area contributed by atoms with Gasteiger partial charge in [-0.25, -0.2) is 0 Å². The van der Waals surface area contributed by atoms with Gasteiger partial charge in [0.05, 0.1) is 6.61 Å². The van der Waals surface area contributed by atoms with Crippen molar-refractivity contribution in [2.45, 2.75) is 33.6 Å². The summed E-state index contributed by atoms with van der Waals surface area (Å²) in [4.78, 5) is 0. The first-order valence-electron chi connectivity index (χ1n) is 6.34. The highest BCUT2D eigenvalue weighted by molar-refractivity contribution is 5.38. The van der Waals surface area contributed by atoms with E-state index in [1.165, 1.54) is 0 Å². The maximum Gasteiger partial charge on any atom is 0.119 e. The van der Waals surface area contributed by atoms with Crippen molar-refractivity contribution in [2.75, 3.05) is 13.2 Å². The van der Waals surface area contributed by atoms with Crippen molar-refractivity contribution in [3.05, 3.63) is 29.8 Å². The van der Waals surface area contributed by atoms with E-state index in [4.69, 9.17) is 9.84 Å². The Labute approximate surface area is 110 Å². The van der Waals surface area contributed by atoms with Crippen molar-refractivity contribution in [2.24, 2.45) is 5.41 Å². The third-order valence-electron chi connectivity index (χ3n) is 2.51. The summed E-state index contributed by atoms with van der Waals surface area (Å²) < 4.78 is 5.66. The molecule has 2 heteroatoms. The molecule has 0 amide bonds. The molecular formula is C16H22O2. The second kappa shape index (κ2) is 7.08. The molecule has 0 saturated heterocycles. The Morgan fingerprint density at radius 3 is 2.39 bits per heavy atom. The van der Waals surface area contributed by atoms with Crippen LogP contribution in [0.2, 0.25) is 0 Å². The summed E-state index contributed by atoms with van der Waals surface area (Å²) in [6.45, 7) is 7.36. The molecule has 0 heterocycles. The fourth-order valence-electron chi connectivity index (χ4n) is 1.57. The number of benzene rings is 1. The molecule has 0 aliphatic rings. The van der Waals surface area contributed by atoms with E-state index in [-0.39, 0.29) is 6.61 Å². The van der Waals surface area contributed by atoms with Crippen LogP contribution in [0.25, 0.3) is 0 Å². The first kappa shape index (κ1) is 14.6. The van der Waals surface area contributed by atoms with Crippen molar-refractivity contribution in [3.8, 4) is 17.6 Å². The fraction of sp³-hybridized carbons (Fsp3) is 0.500. The third-order valence-corrected chi connectivity index (χ3v) is 2.51. The average Bonchev–Trinajstić information content (AvgIpc) is 2.32. The molecule has 0 aromatic heterocycles. The summed E-state index contributed by atoms with van der Waals surface area (Å²) in [7, 11) is 0. The largest absolute Gasteiger partial charge is 0.494 e. The van der Waals surface area contributed by atoms with Crippen molar-refractivity contribution in [1.82, 2.24) is 0 Å². The highest BCUT2D eigenvalue weighted by Crippen LogP contribution is 2.20. The second-order valence-electron chi connectivity index (χ2n) is 5.50. The smallest absolute Gasteiger partial charge is 0.119 e. The minimum absolute atomic E-state index is 0.106. The van der Waals surface area contributed by atoms with Crippen LogP contribution < -0.4 is 4.74 Å². The van der Waals surface area contributed by atoms with Gasteiger partial charge < -0.3 is 9.84 Å². The Hall–Kier alpha value is -1.46. The van der Waals surface area contributed by atoms with Gasteiger partial charge in [-0.2, -0.15) is 0 Å². The molecule has 0 unspecified atom stereocenters. The summed E-state index contributed by atoms with van der Waals surface area (Å²) in [6.07, 6.45) is 2.22. The maximum absolute atomic E-state index is 8.59. The molecule has 0 saturated carbocycles. The lowest BCUT2D eigenvalue weighted by Gasteiger charge is -2.17. The Kier molecular flexibility index (Phi) is 5.74. The lowest BCUT2D eigenvalue weighted by Crippen LogP contribution is -2.07. The van der Waals surface area contributed by atoms with Crippen LogP contribution in [0.1, 0.15) is 39.2 Å². The molecule has 1 rings (SSSR count). The van der Waals surface area contributed by atoms with Crippen molar-refractivity contribution < 1.29 is 9.84 Å². The summed E-state index contributed by atoms with van der Waals surface area (Å²) in [6, 6.07) is 7.64. The van der Waals surface area contributed by atoms with Crippen LogP contribution in [0.3, 0.4) is 0 Å². The molecule has 0 radical (unpaired) electrons. The SMILES string of the molecule is CC(C)(C)CCCOc1ccc(C#CCO)cc1. The molecule has 18 heavy (non-hydrogen) atoms. The van der Waals surface area contributed by atoms with E-state index in [1.807, 2.05) is 24.3 Å². The van der Waals surface area contributed by atoms with E-state index in [9.17, 15) is 0 Å². The molecule has 1 N–H and O–H groups in total. The molecule has 0 aliphatic carbocycles. The van der Waals surface area contributed by atoms with E-state index < -0.39 is 0 Å². The topological polar surface area (TPSA) is 29.5 Å². The number of hydrogen-bond acceptors (Lipinski definition) is 2. The van der Waals surface area contributed by atoms with Crippen LogP contribution in [-0.4, -0.2) is 18.3 Å². The monoisotopic (exact) mass is 246 g/mol. The molecule has 0 atom stereocenters. The van der Waals surface area contributed by atoms with Gasteiger partial charge in [0.15, 0.2) is 0 Å². The van der Waals surface area contributed by atoms with E-state index in [0.717, 1.165) is 30.8 Å². The van der Waals surface area contributed by atoms with E-state index in [2.05, 4.69) is 32.6 Å². The summed E-state index contributed by atoms with van der Waals surface area (Å²) in [5.74, 6) is 6.34. The van der Waals surface area contributed by atoms with Gasteiger partial charge >= 0.3 is 0 Å². The summed E-state index contributed by atoms with van der Waals surface area (Å²) in [5, 5.41) is 8.59. The quantitative estimate of drug-likeness (QED) is 0.653. The van der Waals surface area contributed by atoms with Gasteiger partial charge in [0, 0.05) is 5.56 Å². The zero-order valence-corrected chi connectivity index (χ0v) is 11.5. The molecule has 0 aliphatic heterocycles. The van der Waals surface area contributed by atoms with Crippen molar-refractivity contribution >= 4 is 0 Å². The van der Waals surface area contributed by atoms with Gasteiger partial charge in [0.25, 0.3) is 0 Å². The van der Waals surface area contributed by atoms with Gasteiger partial charge in [-0.05, 0) is 42.5 Å². The number of hydrogen-bond donors (Lipinski definition) is 1. The molecule has 2 nitrogen and oxygen atoms in total. The fourth-order valence-corrected chi connectivity index (χ4v) is 1.57. The first-order valence-corrected chi connectivity index (χ1v) is 6.34. The van der Waals surface area contributed by atoms with Crippen LogP contribution in [0.5, 0.6) is 5.75 Å². The van der Waals surface area contributed by atoms with E-state index in [1.54, 1.807) is 0 Å². The predicted octanol–water partition coefficient (Wildman–Crippen LogP) is 3.24. The third kappa shape index (κ3) is 6.32. The lowest BCUT2D eigenvalue weighted by molar-refractivity contribution is 0.269. The summed E-state index contributed by atoms with van der Waals surface area (Å²) in [5.41, 5.74) is 1.26. The molecule has 1 aromatic rings. The highest BCUT2D eigenvalue weighted by Gasteiger charge is 2.09. The van der Waals surface area contributed by atoms with E-state index >= 15 is 0 Å². The number of ether oxygens (including phenoxy) is 1.